The van der Waals surface area contributed by atoms with Crippen LogP contribution in [0.25, 0.3) is 0 Å². The van der Waals surface area contributed by atoms with E-state index in [2.05, 4.69) is 18.2 Å². The van der Waals surface area contributed by atoms with E-state index in [0.717, 1.165) is 33.9 Å². The minimum Gasteiger partial charge on any atom is -0.269 e. The van der Waals surface area contributed by atoms with Crippen LogP contribution >= 0.6 is 11.8 Å². The van der Waals surface area contributed by atoms with Gasteiger partial charge in [-0.3, -0.25) is 4.31 Å². The predicted octanol–water partition coefficient (Wildman–Crippen LogP) is 5.06. The van der Waals surface area contributed by atoms with Gasteiger partial charge in [-0.2, -0.15) is 0 Å². The molecule has 1 aliphatic carbocycles. The van der Waals surface area contributed by atoms with Crippen molar-refractivity contribution >= 4 is 27.5 Å². The van der Waals surface area contributed by atoms with Gasteiger partial charge in [0.15, 0.2) is 0 Å². The fourth-order valence-corrected chi connectivity index (χ4v) is 7.46. The van der Waals surface area contributed by atoms with Crippen molar-refractivity contribution in [3.05, 3.63) is 84.0 Å². The van der Waals surface area contributed by atoms with Gasteiger partial charge in [0.2, 0.25) is 10.0 Å². The van der Waals surface area contributed by atoms with Crippen LogP contribution in [0.5, 0.6) is 0 Å². The number of hydrogen-bond acceptors (Lipinski definition) is 3. The molecule has 5 heteroatoms. The van der Waals surface area contributed by atoms with Crippen LogP contribution in [0.4, 0.5) is 5.69 Å². The van der Waals surface area contributed by atoms with E-state index in [1.807, 2.05) is 68.5 Å². The summed E-state index contributed by atoms with van der Waals surface area (Å²) in [7, 11) is -3.57. The molecule has 2 unspecified atom stereocenters. The lowest BCUT2D eigenvalue weighted by Crippen LogP contribution is -2.50. The van der Waals surface area contributed by atoms with E-state index >= 15 is 0 Å². The third-order valence-corrected chi connectivity index (χ3v) is 9.33. The Balaban J connectivity index is 1.67. The number of para-hydroxylation sites is 1. The Kier molecular flexibility index (Phi) is 5.15. The molecule has 0 radical (unpaired) electrons. The lowest BCUT2D eigenvalue weighted by Gasteiger charge is -2.39. The molecule has 0 N–H and O–H groups in total. The van der Waals surface area contributed by atoms with E-state index in [9.17, 15) is 8.42 Å². The minimum absolute atomic E-state index is 0.0980. The molecule has 0 aromatic heterocycles. The maximum Gasteiger partial charge on any atom is 0.244 e. The number of nitrogens with zero attached hydrogens (tertiary/aromatic N) is 1. The average molecular weight is 412 g/mol. The smallest absolute Gasteiger partial charge is 0.244 e. The first kappa shape index (κ1) is 19.3. The molecule has 146 valence electrons. The zero-order valence-corrected chi connectivity index (χ0v) is 17.8. The maximum atomic E-state index is 13.9. The largest absolute Gasteiger partial charge is 0.269 e. The van der Waals surface area contributed by atoms with Gasteiger partial charge in [0.05, 0.1) is 5.69 Å². The average Bonchev–Trinajstić information content (AvgIpc) is 3.13. The molecule has 2 aromatic rings. The van der Waals surface area contributed by atoms with E-state index in [-0.39, 0.29) is 5.92 Å². The fraction of sp³-hybridized carbons (Fsp3) is 0.304. The molecule has 0 fully saturated rings. The molecular formula is C23H25NO2S2. The summed E-state index contributed by atoms with van der Waals surface area (Å²) in [6.07, 6.45) is 6.84. The number of thioether (sulfide) groups is 1. The van der Waals surface area contributed by atoms with E-state index in [1.165, 1.54) is 0 Å². The molecule has 0 saturated carbocycles. The number of sulfonamides is 1. The van der Waals surface area contributed by atoms with Gasteiger partial charge in [-0.1, -0.05) is 60.2 Å². The Morgan fingerprint density at radius 3 is 2.61 bits per heavy atom. The molecule has 28 heavy (non-hydrogen) atoms. The molecule has 1 heterocycles. The molecule has 1 aliphatic heterocycles. The molecule has 3 nitrogen and oxygen atoms in total. The first-order chi connectivity index (χ1) is 13.4. The molecule has 0 bridgehead atoms. The summed E-state index contributed by atoms with van der Waals surface area (Å²) in [5.41, 5.74) is 2.94. The van der Waals surface area contributed by atoms with E-state index in [0.29, 0.717) is 6.54 Å². The summed E-state index contributed by atoms with van der Waals surface area (Å²) >= 11 is 1.71. The zero-order valence-electron chi connectivity index (χ0n) is 16.2. The van der Waals surface area contributed by atoms with Crippen molar-refractivity contribution in [2.24, 2.45) is 5.92 Å². The van der Waals surface area contributed by atoms with Crippen LogP contribution in [0.2, 0.25) is 0 Å². The molecule has 4 rings (SSSR count). The van der Waals surface area contributed by atoms with Crippen LogP contribution in [-0.2, 0) is 16.4 Å². The molecule has 2 aliphatic rings. The van der Waals surface area contributed by atoms with Crippen molar-refractivity contribution in [2.45, 2.75) is 29.9 Å². The lowest BCUT2D eigenvalue weighted by molar-refractivity contribution is 0.513. The number of allylic oxidation sites excluding steroid dienone is 3. The highest BCUT2D eigenvalue weighted by Crippen LogP contribution is 2.42. The Hall–Kier alpha value is -1.98. The zero-order chi connectivity index (χ0) is 19.8. The summed E-state index contributed by atoms with van der Waals surface area (Å²) in [5.74, 6) is 0.620. The highest BCUT2D eigenvalue weighted by molar-refractivity contribution is 7.99. The van der Waals surface area contributed by atoms with Crippen molar-refractivity contribution in [1.82, 2.24) is 0 Å². The maximum absolute atomic E-state index is 13.9. The molecule has 0 saturated heterocycles. The molecule has 2 aromatic carbocycles. The summed E-state index contributed by atoms with van der Waals surface area (Å²) in [6.45, 7) is 4.38. The van der Waals surface area contributed by atoms with Gasteiger partial charge < -0.3 is 0 Å². The van der Waals surface area contributed by atoms with Crippen LogP contribution in [0, 0.1) is 5.92 Å². The first-order valence-electron chi connectivity index (χ1n) is 9.57. The standard InChI is InChI=1S/C23H25NO2S2/c1-18-12-13-20(17-27-21-9-4-3-5-10-21)23(2,16-18)28(25,26)24-15-14-19-8-6-7-11-22(19)24/h3-13,16,20H,14-15,17H2,1-2H3. The van der Waals surface area contributed by atoms with Crippen LogP contribution in [0.1, 0.15) is 19.4 Å². The topological polar surface area (TPSA) is 37.4 Å². The molecule has 0 amide bonds. The minimum atomic E-state index is -3.57. The van der Waals surface area contributed by atoms with Gasteiger partial charge in [0.1, 0.15) is 4.75 Å². The number of anilines is 1. The van der Waals surface area contributed by atoms with Gasteiger partial charge in [0, 0.05) is 23.1 Å². The molecule has 2 atom stereocenters. The molecule has 0 spiro atoms. The second kappa shape index (κ2) is 7.45. The quantitative estimate of drug-likeness (QED) is 0.645. The summed E-state index contributed by atoms with van der Waals surface area (Å²) in [5, 5.41) is 0. The van der Waals surface area contributed by atoms with Crippen molar-refractivity contribution in [3.63, 3.8) is 0 Å². The van der Waals surface area contributed by atoms with Crippen LogP contribution in [0.3, 0.4) is 0 Å². The molecular weight excluding hydrogens is 386 g/mol. The Morgan fingerprint density at radius 2 is 1.82 bits per heavy atom. The second-order valence-electron chi connectivity index (χ2n) is 7.62. The number of rotatable bonds is 5. The monoisotopic (exact) mass is 411 g/mol. The van der Waals surface area contributed by atoms with Gasteiger partial charge in [-0.05, 0) is 44.0 Å². The van der Waals surface area contributed by atoms with E-state index in [1.54, 1.807) is 16.1 Å². The first-order valence-corrected chi connectivity index (χ1v) is 12.0. The van der Waals surface area contributed by atoms with E-state index in [4.69, 9.17) is 0 Å². The predicted molar refractivity (Wildman–Crippen MR) is 118 cm³/mol. The van der Waals surface area contributed by atoms with Gasteiger partial charge in [-0.25, -0.2) is 8.42 Å². The highest BCUT2D eigenvalue weighted by Gasteiger charge is 2.49. The third kappa shape index (κ3) is 3.31. The number of hydrogen-bond donors (Lipinski definition) is 0. The number of benzene rings is 2. The van der Waals surface area contributed by atoms with Crippen molar-refractivity contribution in [2.75, 3.05) is 16.6 Å². The normalized spacial score (nSPS) is 24.1. The summed E-state index contributed by atoms with van der Waals surface area (Å²) in [6, 6.07) is 18.0. The Bertz CT molecular complexity index is 1030. The van der Waals surface area contributed by atoms with Crippen LogP contribution < -0.4 is 4.31 Å². The van der Waals surface area contributed by atoms with Crippen molar-refractivity contribution < 1.29 is 8.42 Å². The van der Waals surface area contributed by atoms with Crippen LogP contribution in [-0.4, -0.2) is 25.5 Å². The third-order valence-electron chi connectivity index (χ3n) is 5.71. The van der Waals surface area contributed by atoms with E-state index < -0.39 is 14.8 Å². The fourth-order valence-electron chi connectivity index (χ4n) is 4.05. The Morgan fingerprint density at radius 1 is 1.11 bits per heavy atom. The SMILES string of the molecule is CC1=CC(C)(S(=O)(=O)N2CCc3ccccc32)C(CSc2ccccc2)C=C1. The Labute approximate surface area is 172 Å². The lowest BCUT2D eigenvalue weighted by atomic mass is 9.88. The number of fused-ring (bicyclic) bond motifs is 1. The van der Waals surface area contributed by atoms with Gasteiger partial charge >= 0.3 is 0 Å². The highest BCUT2D eigenvalue weighted by atomic mass is 32.2. The van der Waals surface area contributed by atoms with Crippen molar-refractivity contribution in [3.8, 4) is 0 Å². The van der Waals surface area contributed by atoms with Gasteiger partial charge in [0.25, 0.3) is 0 Å². The van der Waals surface area contributed by atoms with Gasteiger partial charge in [-0.15, -0.1) is 11.8 Å². The summed E-state index contributed by atoms with van der Waals surface area (Å²) in [4.78, 5) is 1.16. The second-order valence-corrected chi connectivity index (χ2v) is 11.0. The van der Waals surface area contributed by atoms with Crippen LogP contribution in [0.15, 0.2) is 83.3 Å². The van der Waals surface area contributed by atoms with Crippen molar-refractivity contribution in [1.29, 1.82) is 0 Å². The summed E-state index contributed by atoms with van der Waals surface area (Å²) < 4.78 is 28.4.